The lowest BCUT2D eigenvalue weighted by Gasteiger charge is -2.09. The summed E-state index contributed by atoms with van der Waals surface area (Å²) in [6.45, 7) is 4.08. The van der Waals surface area contributed by atoms with E-state index in [9.17, 15) is 0 Å². The number of imidazole rings is 1. The van der Waals surface area contributed by atoms with E-state index in [-0.39, 0.29) is 5.95 Å². The molecule has 0 amide bonds. The van der Waals surface area contributed by atoms with Gasteiger partial charge in [0.15, 0.2) is 0 Å². The number of benzene rings is 1. The summed E-state index contributed by atoms with van der Waals surface area (Å²) in [6.07, 6.45) is 5.00. The van der Waals surface area contributed by atoms with Crippen LogP contribution >= 0.6 is 0 Å². The van der Waals surface area contributed by atoms with Gasteiger partial charge in [0.1, 0.15) is 6.33 Å². The molecule has 0 bridgehead atoms. The summed E-state index contributed by atoms with van der Waals surface area (Å²) in [7, 11) is 0. The van der Waals surface area contributed by atoms with Gasteiger partial charge in [-0.2, -0.15) is 15.0 Å². The van der Waals surface area contributed by atoms with Gasteiger partial charge in [-0.05, 0) is 37.1 Å². The lowest BCUT2D eigenvalue weighted by molar-refractivity contribution is 0.906. The second-order valence-electron chi connectivity index (χ2n) is 4.79. The average molecular weight is 281 g/mol. The van der Waals surface area contributed by atoms with Crippen LogP contribution in [0.3, 0.4) is 0 Å². The lowest BCUT2D eigenvalue weighted by atomic mass is 10.1. The molecule has 7 heteroatoms. The van der Waals surface area contributed by atoms with E-state index in [0.29, 0.717) is 11.9 Å². The summed E-state index contributed by atoms with van der Waals surface area (Å²) < 4.78 is 1.67. The molecule has 0 unspecified atom stereocenters. The van der Waals surface area contributed by atoms with Crippen LogP contribution in [0, 0.1) is 13.8 Å². The summed E-state index contributed by atoms with van der Waals surface area (Å²) in [6, 6.07) is 6.14. The third-order valence-corrected chi connectivity index (χ3v) is 2.85. The number of nitrogens with one attached hydrogen (secondary N) is 1. The van der Waals surface area contributed by atoms with Gasteiger partial charge in [-0.1, -0.05) is 6.07 Å². The number of aryl methyl sites for hydroxylation is 2. The molecule has 3 aromatic rings. The van der Waals surface area contributed by atoms with Crippen LogP contribution in [0.4, 0.5) is 17.6 Å². The standard InChI is InChI=1S/C14H15N7/c1-9-5-10(2)7-11(6-9)17-13-18-12(15)19-14(20-13)21-4-3-16-8-21/h3-8H,1-2H3,(H3,15,17,18,19,20). The molecule has 0 aliphatic carbocycles. The Labute approximate surface area is 121 Å². The Kier molecular flexibility index (Phi) is 3.23. The topological polar surface area (TPSA) is 94.5 Å². The first-order chi connectivity index (χ1) is 10.1. The molecular formula is C14H15N7. The summed E-state index contributed by atoms with van der Waals surface area (Å²) in [4.78, 5) is 16.5. The number of nitrogens with zero attached hydrogens (tertiary/aromatic N) is 5. The monoisotopic (exact) mass is 281 g/mol. The zero-order chi connectivity index (χ0) is 14.8. The first-order valence-electron chi connectivity index (χ1n) is 6.45. The minimum absolute atomic E-state index is 0.153. The maximum Gasteiger partial charge on any atom is 0.241 e. The van der Waals surface area contributed by atoms with Gasteiger partial charge in [-0.3, -0.25) is 4.57 Å². The Balaban J connectivity index is 1.95. The summed E-state index contributed by atoms with van der Waals surface area (Å²) in [5, 5.41) is 3.15. The van der Waals surface area contributed by atoms with Gasteiger partial charge in [0.05, 0.1) is 0 Å². The number of hydrogen-bond acceptors (Lipinski definition) is 6. The predicted molar refractivity (Wildman–Crippen MR) is 80.6 cm³/mol. The molecule has 0 radical (unpaired) electrons. The van der Waals surface area contributed by atoms with Crippen molar-refractivity contribution in [2.24, 2.45) is 0 Å². The molecule has 0 aliphatic rings. The highest BCUT2D eigenvalue weighted by atomic mass is 15.3. The van der Waals surface area contributed by atoms with Crippen LogP contribution in [-0.2, 0) is 0 Å². The third-order valence-electron chi connectivity index (χ3n) is 2.85. The van der Waals surface area contributed by atoms with E-state index in [1.165, 1.54) is 0 Å². The maximum absolute atomic E-state index is 5.74. The molecule has 3 rings (SSSR count). The number of rotatable bonds is 3. The van der Waals surface area contributed by atoms with Crippen LogP contribution in [0.1, 0.15) is 11.1 Å². The van der Waals surface area contributed by atoms with Crippen LogP contribution < -0.4 is 11.1 Å². The van der Waals surface area contributed by atoms with Gasteiger partial charge in [0, 0.05) is 18.1 Å². The number of aromatic nitrogens is 5. The third kappa shape index (κ3) is 2.97. The van der Waals surface area contributed by atoms with Crippen LogP contribution in [0.15, 0.2) is 36.9 Å². The fourth-order valence-electron chi connectivity index (χ4n) is 2.11. The van der Waals surface area contributed by atoms with Crippen LogP contribution in [0.5, 0.6) is 0 Å². The highest BCUT2D eigenvalue weighted by molar-refractivity contribution is 5.56. The van der Waals surface area contributed by atoms with Gasteiger partial charge in [0.2, 0.25) is 17.8 Å². The lowest BCUT2D eigenvalue weighted by Crippen LogP contribution is -2.08. The summed E-state index contributed by atoms with van der Waals surface area (Å²) in [5.74, 6) is 0.976. The van der Waals surface area contributed by atoms with E-state index < -0.39 is 0 Å². The van der Waals surface area contributed by atoms with Crippen LogP contribution in [0.25, 0.3) is 5.95 Å². The van der Waals surface area contributed by atoms with Crippen molar-refractivity contribution in [2.45, 2.75) is 13.8 Å². The van der Waals surface area contributed by atoms with E-state index in [1.807, 2.05) is 26.0 Å². The largest absolute Gasteiger partial charge is 0.368 e. The molecule has 0 saturated carbocycles. The molecule has 3 N–H and O–H groups in total. The highest BCUT2D eigenvalue weighted by Gasteiger charge is 2.07. The van der Waals surface area contributed by atoms with Crippen molar-refractivity contribution in [1.82, 2.24) is 24.5 Å². The molecule has 0 spiro atoms. The van der Waals surface area contributed by atoms with Gasteiger partial charge in [-0.25, -0.2) is 4.98 Å². The van der Waals surface area contributed by atoms with Gasteiger partial charge in [0.25, 0.3) is 0 Å². The van der Waals surface area contributed by atoms with Crippen LogP contribution in [-0.4, -0.2) is 24.5 Å². The summed E-state index contributed by atoms with van der Waals surface area (Å²) >= 11 is 0. The first kappa shape index (κ1) is 13.0. The molecular weight excluding hydrogens is 266 g/mol. The van der Waals surface area contributed by atoms with Crippen molar-refractivity contribution in [2.75, 3.05) is 11.1 Å². The Morgan fingerprint density at radius 1 is 1.05 bits per heavy atom. The Bertz CT molecular complexity index is 745. The quantitative estimate of drug-likeness (QED) is 0.762. The average Bonchev–Trinajstić information content (AvgIpc) is 2.90. The van der Waals surface area contributed by atoms with Crippen molar-refractivity contribution in [3.05, 3.63) is 48.0 Å². The van der Waals surface area contributed by atoms with Crippen molar-refractivity contribution < 1.29 is 0 Å². The molecule has 7 nitrogen and oxygen atoms in total. The van der Waals surface area contributed by atoms with Crippen LogP contribution in [0.2, 0.25) is 0 Å². The van der Waals surface area contributed by atoms with E-state index in [1.54, 1.807) is 23.3 Å². The second-order valence-corrected chi connectivity index (χ2v) is 4.79. The molecule has 2 heterocycles. The van der Waals surface area contributed by atoms with E-state index in [0.717, 1.165) is 16.8 Å². The zero-order valence-electron chi connectivity index (χ0n) is 11.8. The van der Waals surface area contributed by atoms with Gasteiger partial charge in [-0.15, -0.1) is 0 Å². The molecule has 0 saturated heterocycles. The number of nitrogens with two attached hydrogens (primary N) is 1. The Morgan fingerprint density at radius 3 is 2.48 bits per heavy atom. The highest BCUT2D eigenvalue weighted by Crippen LogP contribution is 2.18. The fourth-order valence-corrected chi connectivity index (χ4v) is 2.11. The zero-order valence-corrected chi connectivity index (χ0v) is 11.8. The Morgan fingerprint density at radius 2 is 1.81 bits per heavy atom. The summed E-state index contributed by atoms with van der Waals surface area (Å²) in [5.41, 5.74) is 8.98. The number of hydrogen-bond donors (Lipinski definition) is 2. The Hall–Kier alpha value is -2.96. The molecule has 2 aromatic heterocycles. The molecule has 1 aromatic carbocycles. The number of anilines is 3. The molecule has 0 fully saturated rings. The van der Waals surface area contributed by atoms with Crippen molar-refractivity contribution in [1.29, 1.82) is 0 Å². The molecule has 21 heavy (non-hydrogen) atoms. The van der Waals surface area contributed by atoms with Crippen molar-refractivity contribution >= 4 is 17.6 Å². The molecule has 106 valence electrons. The van der Waals surface area contributed by atoms with Gasteiger partial charge < -0.3 is 11.1 Å². The van der Waals surface area contributed by atoms with E-state index in [4.69, 9.17) is 5.73 Å². The van der Waals surface area contributed by atoms with Crippen molar-refractivity contribution in [3.63, 3.8) is 0 Å². The maximum atomic E-state index is 5.74. The van der Waals surface area contributed by atoms with Gasteiger partial charge >= 0.3 is 0 Å². The minimum atomic E-state index is 0.153. The molecule has 0 atom stereocenters. The normalized spacial score (nSPS) is 10.6. The number of nitrogen functional groups attached to an aromatic ring is 1. The first-order valence-corrected chi connectivity index (χ1v) is 6.45. The minimum Gasteiger partial charge on any atom is -0.368 e. The predicted octanol–water partition coefficient (Wildman–Crippen LogP) is 2.00. The SMILES string of the molecule is Cc1cc(C)cc(Nc2nc(N)nc(-n3ccnc3)n2)c1. The smallest absolute Gasteiger partial charge is 0.241 e. The second kappa shape index (κ2) is 5.20. The molecule has 0 aliphatic heterocycles. The van der Waals surface area contributed by atoms with Crippen molar-refractivity contribution in [3.8, 4) is 5.95 Å². The fraction of sp³-hybridized carbons (Fsp3) is 0.143. The van der Waals surface area contributed by atoms with E-state index in [2.05, 4.69) is 31.3 Å². The van der Waals surface area contributed by atoms with E-state index >= 15 is 0 Å².